The van der Waals surface area contributed by atoms with E-state index in [0.29, 0.717) is 0 Å². The van der Waals surface area contributed by atoms with E-state index in [4.69, 9.17) is 0 Å². The van der Waals surface area contributed by atoms with Gasteiger partial charge in [0.1, 0.15) is 0 Å². The van der Waals surface area contributed by atoms with Crippen LogP contribution in [0.4, 0.5) is 0 Å². The average Bonchev–Trinajstić information content (AvgIpc) is 3.73. The van der Waals surface area contributed by atoms with Crippen molar-refractivity contribution in [2.24, 2.45) is 0 Å². The fourth-order valence-corrected chi connectivity index (χ4v) is 36.1. The summed E-state index contributed by atoms with van der Waals surface area (Å²) in [6.45, 7) is 10.2. The second-order valence-corrected chi connectivity index (χ2v) is 35.6. The van der Waals surface area contributed by atoms with Crippen molar-refractivity contribution in [1.82, 2.24) is 0 Å². The molecule has 0 aromatic heterocycles. The van der Waals surface area contributed by atoms with Gasteiger partial charge in [-0.15, -0.1) is 24.8 Å². The Morgan fingerprint density at radius 2 is 1.06 bits per heavy atom. The third-order valence-electron chi connectivity index (χ3n) is 8.42. The van der Waals surface area contributed by atoms with E-state index in [-0.39, 0.29) is 30.3 Å². The minimum atomic E-state index is -2.13. The zero-order chi connectivity index (χ0) is 22.0. The maximum absolute atomic E-state index is 2.68. The van der Waals surface area contributed by atoms with Crippen LogP contribution in [0.15, 0.2) is 47.5 Å². The molecular weight excluding hydrogens is 638 g/mol. The summed E-state index contributed by atoms with van der Waals surface area (Å²) in [7, 11) is 0. The molecule has 0 bridgehead atoms. The topological polar surface area (TPSA) is 0 Å². The smallest absolute Gasteiger partial charge is 0.147 e. The van der Waals surface area contributed by atoms with E-state index >= 15 is 0 Å². The zero-order valence-electron chi connectivity index (χ0n) is 21.0. The maximum Gasteiger partial charge on any atom is -0.147 e. The van der Waals surface area contributed by atoms with Crippen molar-refractivity contribution in [3.05, 3.63) is 80.9 Å². The van der Waals surface area contributed by atoms with Crippen LogP contribution >= 0.6 is 24.8 Å². The van der Waals surface area contributed by atoms with Crippen LogP contribution in [0.1, 0.15) is 105 Å². The average molecular weight is 676 g/mol. The molecule has 180 valence electrons. The maximum atomic E-state index is 2.68. The molecule has 0 N–H and O–H groups in total. The molecule has 2 aromatic rings. The minimum absolute atomic E-state index is 0. The number of allylic oxidation sites excluding steroid dienone is 2. The van der Waals surface area contributed by atoms with Gasteiger partial charge < -0.3 is 0 Å². The van der Waals surface area contributed by atoms with Crippen molar-refractivity contribution in [3.8, 4) is 0 Å². The van der Waals surface area contributed by atoms with Gasteiger partial charge in [-0.05, 0) is 0 Å². The fraction of sp³-hybridized carbons (Fsp3) is 0.467. The van der Waals surface area contributed by atoms with Crippen LogP contribution in [-0.2, 0) is 20.1 Å². The Bertz CT molecular complexity index is 1110. The molecule has 4 heteroatoms. The van der Waals surface area contributed by atoms with Gasteiger partial charge in [-0.25, -0.2) is 0 Å². The van der Waals surface area contributed by atoms with Crippen molar-refractivity contribution in [3.63, 3.8) is 0 Å². The summed E-state index contributed by atoms with van der Waals surface area (Å²) in [5.74, 6) is 1.69. The summed E-state index contributed by atoms with van der Waals surface area (Å²) in [6, 6.07) is 14.8. The first-order valence-corrected chi connectivity index (χ1v) is 25.0. The first-order chi connectivity index (χ1) is 15.6. The van der Waals surface area contributed by atoms with Crippen molar-refractivity contribution >= 4 is 42.5 Å². The van der Waals surface area contributed by atoms with E-state index < -0.39 is 20.1 Å². The van der Waals surface area contributed by atoms with Crippen LogP contribution in [0.3, 0.4) is 0 Å². The molecule has 0 nitrogen and oxygen atoms in total. The molecule has 0 spiro atoms. The van der Waals surface area contributed by atoms with Gasteiger partial charge in [-0.1, -0.05) is 0 Å². The molecule has 34 heavy (non-hydrogen) atoms. The Balaban J connectivity index is 0.00000137. The van der Waals surface area contributed by atoms with E-state index in [1.165, 1.54) is 38.5 Å². The van der Waals surface area contributed by atoms with E-state index in [2.05, 4.69) is 75.5 Å². The van der Waals surface area contributed by atoms with Crippen molar-refractivity contribution in [1.29, 1.82) is 0 Å². The summed E-state index contributed by atoms with van der Waals surface area (Å²) in [4.78, 5) is 0. The van der Waals surface area contributed by atoms with Gasteiger partial charge in [0.2, 0.25) is 0 Å². The molecule has 2 atom stereocenters. The molecule has 0 radical (unpaired) electrons. The molecule has 4 aliphatic carbocycles. The summed E-state index contributed by atoms with van der Waals surface area (Å²) >= 11 is -2.13. The summed E-state index contributed by atoms with van der Waals surface area (Å²) < 4.78 is 1.64. The van der Waals surface area contributed by atoms with Crippen LogP contribution in [0, 0.1) is 0 Å². The van der Waals surface area contributed by atoms with Gasteiger partial charge in [0, 0.05) is 0 Å². The van der Waals surface area contributed by atoms with Crippen LogP contribution in [0.2, 0.25) is 13.1 Å². The molecule has 0 aliphatic heterocycles. The molecular formula is C30H38Cl2HfSi. The molecule has 0 amide bonds. The van der Waals surface area contributed by atoms with Crippen LogP contribution < -0.4 is 0 Å². The van der Waals surface area contributed by atoms with Gasteiger partial charge in [-0.3, -0.25) is 0 Å². The molecule has 4 aliphatic rings. The monoisotopic (exact) mass is 676 g/mol. The molecule has 0 heterocycles. The number of benzene rings is 2. The number of halogens is 2. The van der Waals surface area contributed by atoms with E-state index in [0.717, 1.165) is 19.2 Å². The molecule has 6 rings (SSSR count). The van der Waals surface area contributed by atoms with E-state index in [1.54, 1.807) is 44.5 Å². The third-order valence-corrected chi connectivity index (χ3v) is 36.1. The molecule has 0 saturated heterocycles. The Labute approximate surface area is 226 Å². The number of hydrogen-bond acceptors (Lipinski definition) is 0. The van der Waals surface area contributed by atoms with Crippen molar-refractivity contribution < 1.29 is 20.1 Å². The Hall–Kier alpha value is -0.413. The Kier molecular flexibility index (Phi) is 8.25. The van der Waals surface area contributed by atoms with Gasteiger partial charge in [0.15, 0.2) is 0 Å². The van der Waals surface area contributed by atoms with E-state index in [1.807, 2.05) is 0 Å². The standard InChI is InChI=1S/2C14H15.C2H6Si.2ClH.Hf/c2*1-2-10-8-12-4-3-5-13(11-6-7-11)14(12)9-10;1-3-2;;;/h2*3-5,8-9,11H,2,6-7H2,1H3;1-2H3;2*1H;. The normalized spacial score (nSPS) is 22.1. The largest absolute Gasteiger partial charge is 0.147 e. The Morgan fingerprint density at radius 3 is 1.38 bits per heavy atom. The summed E-state index contributed by atoms with van der Waals surface area (Å²) in [6.07, 6.45) is 13.4. The molecule has 2 aromatic carbocycles. The minimum Gasteiger partial charge on any atom is -0.147 e. The van der Waals surface area contributed by atoms with Gasteiger partial charge in [0.25, 0.3) is 0 Å². The predicted molar refractivity (Wildman–Crippen MR) is 151 cm³/mol. The second-order valence-electron chi connectivity index (χ2n) is 10.7. The summed E-state index contributed by atoms with van der Waals surface area (Å²) in [5.41, 5.74) is 13.5. The van der Waals surface area contributed by atoms with Gasteiger partial charge in [-0.2, -0.15) is 0 Å². The van der Waals surface area contributed by atoms with Gasteiger partial charge >= 0.3 is 203 Å². The second kappa shape index (κ2) is 10.5. The third kappa shape index (κ3) is 4.44. The molecule has 2 unspecified atom stereocenters. The number of fused-ring (bicyclic) bond motifs is 2. The van der Waals surface area contributed by atoms with Crippen molar-refractivity contribution in [2.75, 3.05) is 0 Å². The van der Waals surface area contributed by atoms with E-state index in [9.17, 15) is 0 Å². The first-order valence-electron chi connectivity index (χ1n) is 13.0. The molecule has 2 saturated carbocycles. The van der Waals surface area contributed by atoms with Crippen LogP contribution in [0.5, 0.6) is 0 Å². The summed E-state index contributed by atoms with van der Waals surface area (Å²) in [5, 5.41) is 0. The van der Waals surface area contributed by atoms with Crippen LogP contribution in [0.25, 0.3) is 12.2 Å². The fourth-order valence-electron chi connectivity index (χ4n) is 6.57. The molecule has 2 fully saturated rings. The zero-order valence-corrected chi connectivity index (χ0v) is 27.2. The van der Waals surface area contributed by atoms with Crippen molar-refractivity contribution in [2.45, 2.75) is 84.7 Å². The number of hydrogen-bond donors (Lipinski definition) is 0. The first kappa shape index (κ1) is 26.6. The Morgan fingerprint density at radius 1 is 0.676 bits per heavy atom. The number of rotatable bonds is 6. The predicted octanol–water partition coefficient (Wildman–Crippen LogP) is 9.55. The quantitative estimate of drug-likeness (QED) is 0.268. The van der Waals surface area contributed by atoms with Crippen LogP contribution in [-0.4, -0.2) is 5.49 Å². The van der Waals surface area contributed by atoms with Gasteiger partial charge in [0.05, 0.1) is 0 Å². The SMILES string of the molecule is CCC1=Cc2c(C3CC3)cccc2[CH]1[Hf]([CH]1C(CC)=Cc2c(C3CC3)cccc21)=[Si](C)C.Cl.Cl.